The molecule has 1 aliphatic rings. The van der Waals surface area contributed by atoms with Gasteiger partial charge in [0.05, 0.1) is 5.56 Å². The lowest BCUT2D eigenvalue weighted by Gasteiger charge is -2.33. The highest BCUT2D eigenvalue weighted by Crippen LogP contribution is 2.28. The van der Waals surface area contributed by atoms with E-state index in [4.69, 9.17) is 18.0 Å². The molecular formula is C12H15FN2S2. The first-order valence-corrected chi connectivity index (χ1v) is 7.00. The van der Waals surface area contributed by atoms with Gasteiger partial charge in [0.25, 0.3) is 0 Å². The molecule has 1 saturated heterocycles. The standard InChI is InChI=1S/C12H15FN2S2/c1-8-7-15(5-6-17-8)10-4-2-3-9(13)11(10)12(14)16/h2-4,8H,5-7H2,1H3,(H2,14,16). The van der Waals surface area contributed by atoms with Crippen molar-refractivity contribution >= 4 is 34.7 Å². The molecule has 1 fully saturated rings. The molecule has 1 unspecified atom stereocenters. The fraction of sp³-hybridized carbons (Fsp3) is 0.417. The minimum atomic E-state index is -0.333. The Labute approximate surface area is 110 Å². The highest BCUT2D eigenvalue weighted by Gasteiger charge is 2.21. The minimum absolute atomic E-state index is 0.129. The molecule has 2 rings (SSSR count). The van der Waals surface area contributed by atoms with Crippen molar-refractivity contribution in [1.29, 1.82) is 0 Å². The van der Waals surface area contributed by atoms with Gasteiger partial charge in [0, 0.05) is 29.8 Å². The van der Waals surface area contributed by atoms with Crippen LogP contribution in [0.5, 0.6) is 0 Å². The Hall–Kier alpha value is -0.810. The molecular weight excluding hydrogens is 255 g/mol. The van der Waals surface area contributed by atoms with E-state index in [0.29, 0.717) is 10.8 Å². The first-order valence-electron chi connectivity index (χ1n) is 5.54. The summed E-state index contributed by atoms with van der Waals surface area (Å²) in [6.07, 6.45) is 0. The Morgan fingerprint density at radius 1 is 1.59 bits per heavy atom. The molecule has 0 amide bonds. The highest BCUT2D eigenvalue weighted by atomic mass is 32.2. The summed E-state index contributed by atoms with van der Waals surface area (Å²) in [6.45, 7) is 3.99. The summed E-state index contributed by atoms with van der Waals surface area (Å²) in [5.41, 5.74) is 6.82. The van der Waals surface area contributed by atoms with E-state index in [0.717, 1.165) is 24.5 Å². The molecule has 1 atom stereocenters. The van der Waals surface area contributed by atoms with Crippen LogP contribution in [0.1, 0.15) is 12.5 Å². The molecule has 2 N–H and O–H groups in total. The number of nitrogens with two attached hydrogens (primary N) is 1. The van der Waals surface area contributed by atoms with Crippen LogP contribution in [0.2, 0.25) is 0 Å². The number of hydrogen-bond donors (Lipinski definition) is 1. The van der Waals surface area contributed by atoms with E-state index in [1.165, 1.54) is 6.07 Å². The molecule has 0 radical (unpaired) electrons. The number of hydrogen-bond acceptors (Lipinski definition) is 3. The maximum atomic E-state index is 13.8. The van der Waals surface area contributed by atoms with Crippen LogP contribution in [0, 0.1) is 5.82 Å². The molecule has 0 aliphatic carbocycles. The number of rotatable bonds is 2. The topological polar surface area (TPSA) is 29.3 Å². The second kappa shape index (κ2) is 5.23. The van der Waals surface area contributed by atoms with Crippen LogP contribution in [0.25, 0.3) is 0 Å². The van der Waals surface area contributed by atoms with E-state index >= 15 is 0 Å². The Balaban J connectivity index is 2.37. The highest BCUT2D eigenvalue weighted by molar-refractivity contribution is 8.00. The van der Waals surface area contributed by atoms with E-state index in [9.17, 15) is 4.39 Å². The van der Waals surface area contributed by atoms with Gasteiger partial charge in [-0.3, -0.25) is 0 Å². The van der Waals surface area contributed by atoms with Gasteiger partial charge in [0.1, 0.15) is 10.8 Å². The third kappa shape index (κ3) is 2.72. The zero-order chi connectivity index (χ0) is 12.4. The van der Waals surface area contributed by atoms with Gasteiger partial charge in [-0.2, -0.15) is 11.8 Å². The normalized spacial score (nSPS) is 20.4. The molecule has 1 aliphatic heterocycles. The van der Waals surface area contributed by atoms with E-state index in [1.807, 2.05) is 17.8 Å². The van der Waals surface area contributed by atoms with Crippen molar-refractivity contribution in [2.75, 3.05) is 23.7 Å². The Morgan fingerprint density at radius 3 is 3.00 bits per heavy atom. The van der Waals surface area contributed by atoms with Gasteiger partial charge in [-0.1, -0.05) is 25.2 Å². The van der Waals surface area contributed by atoms with Gasteiger partial charge in [0.15, 0.2) is 0 Å². The van der Waals surface area contributed by atoms with Crippen LogP contribution in [-0.2, 0) is 0 Å². The van der Waals surface area contributed by atoms with Gasteiger partial charge in [-0.25, -0.2) is 4.39 Å². The van der Waals surface area contributed by atoms with Gasteiger partial charge in [0.2, 0.25) is 0 Å². The van der Waals surface area contributed by atoms with Crippen LogP contribution >= 0.6 is 24.0 Å². The van der Waals surface area contributed by atoms with Gasteiger partial charge in [-0.15, -0.1) is 0 Å². The fourth-order valence-electron chi connectivity index (χ4n) is 2.06. The van der Waals surface area contributed by atoms with E-state index < -0.39 is 0 Å². The van der Waals surface area contributed by atoms with Crippen molar-refractivity contribution in [3.8, 4) is 0 Å². The van der Waals surface area contributed by atoms with Crippen molar-refractivity contribution in [2.45, 2.75) is 12.2 Å². The van der Waals surface area contributed by atoms with Crippen molar-refractivity contribution in [2.24, 2.45) is 5.73 Å². The van der Waals surface area contributed by atoms with Crippen molar-refractivity contribution in [3.63, 3.8) is 0 Å². The molecule has 0 spiro atoms. The Kier molecular flexibility index (Phi) is 3.89. The zero-order valence-electron chi connectivity index (χ0n) is 9.65. The molecule has 17 heavy (non-hydrogen) atoms. The predicted octanol–water partition coefficient (Wildman–Crippen LogP) is 2.40. The molecule has 1 aromatic carbocycles. The zero-order valence-corrected chi connectivity index (χ0v) is 11.3. The number of anilines is 1. The average molecular weight is 270 g/mol. The van der Waals surface area contributed by atoms with Crippen molar-refractivity contribution in [3.05, 3.63) is 29.6 Å². The maximum absolute atomic E-state index is 13.8. The van der Waals surface area contributed by atoms with E-state index in [2.05, 4.69) is 11.8 Å². The van der Waals surface area contributed by atoms with Gasteiger partial charge >= 0.3 is 0 Å². The second-order valence-corrected chi connectivity index (χ2v) is 6.11. The number of thiocarbonyl (C=S) groups is 1. The monoisotopic (exact) mass is 270 g/mol. The molecule has 2 nitrogen and oxygen atoms in total. The molecule has 1 heterocycles. The molecule has 1 aromatic rings. The smallest absolute Gasteiger partial charge is 0.135 e. The largest absolute Gasteiger partial charge is 0.389 e. The fourth-order valence-corrected chi connectivity index (χ4v) is 3.27. The predicted molar refractivity (Wildman–Crippen MR) is 76.4 cm³/mol. The van der Waals surface area contributed by atoms with Crippen LogP contribution < -0.4 is 10.6 Å². The lowest BCUT2D eigenvalue weighted by molar-refractivity contribution is 0.624. The van der Waals surface area contributed by atoms with E-state index in [1.54, 1.807) is 6.07 Å². The number of nitrogens with zero attached hydrogens (tertiary/aromatic N) is 1. The third-order valence-corrected chi connectivity index (χ3v) is 4.16. The Bertz CT molecular complexity index is 437. The van der Waals surface area contributed by atoms with Crippen LogP contribution in [0.15, 0.2) is 18.2 Å². The molecule has 5 heteroatoms. The SMILES string of the molecule is CC1CN(c2cccc(F)c2C(N)=S)CCS1. The average Bonchev–Trinajstić information content (AvgIpc) is 2.28. The van der Waals surface area contributed by atoms with Crippen LogP contribution in [0.3, 0.4) is 0 Å². The Morgan fingerprint density at radius 2 is 2.35 bits per heavy atom. The first kappa shape index (κ1) is 12.6. The van der Waals surface area contributed by atoms with E-state index in [-0.39, 0.29) is 10.8 Å². The summed E-state index contributed by atoms with van der Waals surface area (Å²) >= 11 is 6.88. The van der Waals surface area contributed by atoms with Crippen molar-refractivity contribution < 1.29 is 4.39 Å². The van der Waals surface area contributed by atoms with Crippen LogP contribution in [-0.4, -0.2) is 29.1 Å². The molecule has 0 bridgehead atoms. The van der Waals surface area contributed by atoms with Gasteiger partial charge < -0.3 is 10.6 Å². The third-order valence-electron chi connectivity index (χ3n) is 2.82. The summed E-state index contributed by atoms with van der Waals surface area (Å²) in [7, 11) is 0. The molecule has 0 aromatic heterocycles. The number of halogens is 1. The quantitative estimate of drug-likeness (QED) is 0.836. The lowest BCUT2D eigenvalue weighted by atomic mass is 10.1. The number of benzene rings is 1. The lowest BCUT2D eigenvalue weighted by Crippen LogP contribution is -2.38. The summed E-state index contributed by atoms with van der Waals surface area (Å²) in [4.78, 5) is 2.29. The minimum Gasteiger partial charge on any atom is -0.389 e. The van der Waals surface area contributed by atoms with Gasteiger partial charge in [-0.05, 0) is 12.1 Å². The number of thioether (sulfide) groups is 1. The summed E-state index contributed by atoms with van der Waals surface area (Å²) < 4.78 is 13.8. The maximum Gasteiger partial charge on any atom is 0.135 e. The first-order chi connectivity index (χ1) is 8.09. The van der Waals surface area contributed by atoms with Crippen molar-refractivity contribution in [1.82, 2.24) is 0 Å². The summed E-state index contributed by atoms with van der Waals surface area (Å²) in [5.74, 6) is 0.718. The second-order valence-electron chi connectivity index (χ2n) is 4.13. The summed E-state index contributed by atoms with van der Waals surface area (Å²) in [6, 6.07) is 5.00. The molecule has 92 valence electrons. The molecule has 0 saturated carbocycles. The van der Waals surface area contributed by atoms with Crippen LogP contribution in [0.4, 0.5) is 10.1 Å². The summed E-state index contributed by atoms with van der Waals surface area (Å²) in [5, 5.41) is 0.547.